The van der Waals surface area contributed by atoms with Crippen LogP contribution in [0.25, 0.3) is 5.69 Å². The number of nitrogens with one attached hydrogen (secondary N) is 1. The molecular formula is C20H20N6O2S. The molecule has 8 nitrogen and oxygen atoms in total. The fourth-order valence-electron chi connectivity index (χ4n) is 3.30. The molecule has 0 fully saturated rings. The molecule has 0 radical (unpaired) electrons. The number of thioether (sulfide) groups is 1. The van der Waals surface area contributed by atoms with Gasteiger partial charge in [0.1, 0.15) is 6.54 Å². The minimum absolute atomic E-state index is 0.0112. The van der Waals surface area contributed by atoms with E-state index in [1.54, 1.807) is 17.7 Å². The van der Waals surface area contributed by atoms with Gasteiger partial charge in [-0.25, -0.2) is 0 Å². The van der Waals surface area contributed by atoms with Crippen LogP contribution in [-0.4, -0.2) is 43.8 Å². The molecule has 1 aliphatic heterocycles. The van der Waals surface area contributed by atoms with Crippen LogP contribution in [0.4, 0.5) is 11.4 Å². The van der Waals surface area contributed by atoms with Crippen molar-refractivity contribution in [3.63, 3.8) is 0 Å². The topological polar surface area (TPSA) is 93.0 Å². The lowest BCUT2D eigenvalue weighted by molar-refractivity contribution is -0.121. The number of nitrogens with zero attached hydrogens (tertiary/aromatic N) is 5. The molecule has 4 rings (SSSR count). The number of aryl methyl sites for hydroxylation is 2. The average Bonchev–Trinajstić information content (AvgIpc) is 3.14. The first-order valence-corrected chi connectivity index (χ1v) is 10.0. The van der Waals surface area contributed by atoms with Gasteiger partial charge in [-0.2, -0.15) is 4.68 Å². The van der Waals surface area contributed by atoms with Crippen molar-refractivity contribution in [2.45, 2.75) is 31.2 Å². The van der Waals surface area contributed by atoms with E-state index in [-0.39, 0.29) is 18.4 Å². The molecule has 0 spiro atoms. The van der Waals surface area contributed by atoms with Crippen molar-refractivity contribution in [3.05, 3.63) is 53.6 Å². The van der Waals surface area contributed by atoms with Gasteiger partial charge >= 0.3 is 0 Å². The summed E-state index contributed by atoms with van der Waals surface area (Å²) in [5, 5.41) is 14.8. The predicted molar refractivity (Wildman–Crippen MR) is 111 cm³/mol. The van der Waals surface area contributed by atoms with Crippen LogP contribution >= 0.6 is 11.8 Å². The summed E-state index contributed by atoms with van der Waals surface area (Å²) in [6.07, 6.45) is 0. The molecule has 1 atom stereocenters. The van der Waals surface area contributed by atoms with E-state index in [9.17, 15) is 9.59 Å². The van der Waals surface area contributed by atoms with E-state index < -0.39 is 5.25 Å². The Hall–Kier alpha value is -3.20. The first kappa shape index (κ1) is 19.1. The largest absolute Gasteiger partial charge is 0.323 e. The first-order chi connectivity index (χ1) is 13.9. The molecule has 29 heavy (non-hydrogen) atoms. The lowest BCUT2D eigenvalue weighted by Crippen LogP contribution is -2.45. The molecule has 1 aliphatic rings. The van der Waals surface area contributed by atoms with Crippen LogP contribution in [0.1, 0.15) is 18.1 Å². The number of rotatable bonds is 4. The number of fused-ring (bicyclic) bond motifs is 1. The van der Waals surface area contributed by atoms with Crippen molar-refractivity contribution in [1.82, 2.24) is 20.2 Å². The zero-order valence-corrected chi connectivity index (χ0v) is 17.1. The Balaban J connectivity index is 1.58. The number of para-hydroxylation sites is 2. The third kappa shape index (κ3) is 3.73. The minimum atomic E-state index is -0.482. The van der Waals surface area contributed by atoms with E-state index in [1.165, 1.54) is 16.7 Å². The number of anilines is 2. The molecule has 2 heterocycles. The number of hydrogen-bond acceptors (Lipinski definition) is 6. The van der Waals surface area contributed by atoms with Gasteiger partial charge in [0.25, 0.3) is 0 Å². The maximum absolute atomic E-state index is 13.1. The van der Waals surface area contributed by atoms with Crippen LogP contribution in [0.15, 0.2) is 47.6 Å². The van der Waals surface area contributed by atoms with Crippen molar-refractivity contribution in [2.24, 2.45) is 0 Å². The number of carbonyl (C=O) groups excluding carboxylic acids is 2. The first-order valence-electron chi connectivity index (χ1n) is 9.17. The maximum atomic E-state index is 13.1. The molecule has 148 valence electrons. The van der Waals surface area contributed by atoms with Gasteiger partial charge in [-0.3, -0.25) is 14.5 Å². The molecule has 1 N–H and O–H groups in total. The minimum Gasteiger partial charge on any atom is -0.323 e. The Kier molecular flexibility index (Phi) is 5.06. The third-order valence-electron chi connectivity index (χ3n) is 4.69. The maximum Gasteiger partial charge on any atom is 0.244 e. The van der Waals surface area contributed by atoms with Crippen LogP contribution < -0.4 is 10.2 Å². The van der Waals surface area contributed by atoms with Gasteiger partial charge in [0.15, 0.2) is 0 Å². The second-order valence-electron chi connectivity index (χ2n) is 6.91. The Morgan fingerprint density at radius 3 is 2.76 bits per heavy atom. The van der Waals surface area contributed by atoms with Crippen LogP contribution in [-0.2, 0) is 9.59 Å². The molecule has 0 bridgehead atoms. The van der Waals surface area contributed by atoms with Gasteiger partial charge in [-0.15, -0.1) is 5.10 Å². The fraction of sp³-hybridized carbons (Fsp3) is 0.250. The molecule has 2 aromatic carbocycles. The summed E-state index contributed by atoms with van der Waals surface area (Å²) in [5.74, 6) is -0.387. The highest BCUT2D eigenvalue weighted by molar-refractivity contribution is 8.00. The van der Waals surface area contributed by atoms with Crippen LogP contribution in [0.3, 0.4) is 0 Å². The number of hydrogen-bond donors (Lipinski definition) is 1. The number of carbonyl (C=O) groups is 2. The zero-order chi connectivity index (χ0) is 20.5. The van der Waals surface area contributed by atoms with E-state index in [0.717, 1.165) is 16.8 Å². The van der Waals surface area contributed by atoms with Gasteiger partial charge in [-0.05, 0) is 55.0 Å². The molecule has 0 saturated carbocycles. The highest BCUT2D eigenvalue weighted by atomic mass is 32.2. The van der Waals surface area contributed by atoms with Crippen molar-refractivity contribution in [3.8, 4) is 5.69 Å². The molecule has 0 unspecified atom stereocenters. The monoisotopic (exact) mass is 408 g/mol. The fourth-order valence-corrected chi connectivity index (χ4v) is 4.17. The van der Waals surface area contributed by atoms with Crippen molar-refractivity contribution in [1.29, 1.82) is 0 Å². The summed E-state index contributed by atoms with van der Waals surface area (Å²) in [4.78, 5) is 26.7. The van der Waals surface area contributed by atoms with Gasteiger partial charge in [0.2, 0.25) is 17.0 Å². The molecule has 1 aromatic heterocycles. The van der Waals surface area contributed by atoms with Crippen LogP contribution in [0, 0.1) is 13.8 Å². The quantitative estimate of drug-likeness (QED) is 0.668. The normalized spacial score (nSPS) is 14.3. The summed E-state index contributed by atoms with van der Waals surface area (Å²) < 4.78 is 1.64. The lowest BCUT2D eigenvalue weighted by Gasteiger charge is -2.30. The third-order valence-corrected chi connectivity index (χ3v) is 5.71. The van der Waals surface area contributed by atoms with E-state index in [2.05, 4.69) is 26.9 Å². The number of amides is 2. The van der Waals surface area contributed by atoms with Crippen LogP contribution in [0.5, 0.6) is 0 Å². The number of tetrazole rings is 1. The number of benzene rings is 2. The zero-order valence-electron chi connectivity index (χ0n) is 16.3. The summed E-state index contributed by atoms with van der Waals surface area (Å²) in [6, 6.07) is 13.3. The highest BCUT2D eigenvalue weighted by Crippen LogP contribution is 2.32. The van der Waals surface area contributed by atoms with Gasteiger partial charge in [0.05, 0.1) is 22.3 Å². The Bertz CT molecular complexity index is 1100. The summed E-state index contributed by atoms with van der Waals surface area (Å²) in [6.45, 7) is 5.81. The highest BCUT2D eigenvalue weighted by Gasteiger charge is 2.31. The standard InChI is InChI=1S/C20H20N6O2S/c1-12-8-9-16(13(2)10-12)26-20(22-23-24-26)29-14(3)19(28)25-11-18(27)21-15-6-4-5-7-17(15)25/h4-10,14H,11H2,1-3H3,(H,21,27)/t14-/m1/s1. The molecular weight excluding hydrogens is 388 g/mol. The van der Waals surface area contributed by atoms with Gasteiger partial charge in [0, 0.05) is 0 Å². The van der Waals surface area contributed by atoms with Crippen molar-refractivity contribution < 1.29 is 9.59 Å². The molecule has 0 aliphatic carbocycles. The summed E-state index contributed by atoms with van der Waals surface area (Å²) >= 11 is 1.27. The Labute approximate surface area is 172 Å². The van der Waals surface area contributed by atoms with Gasteiger partial charge in [-0.1, -0.05) is 41.6 Å². The summed E-state index contributed by atoms with van der Waals surface area (Å²) in [5.41, 5.74) is 4.39. The Morgan fingerprint density at radius 2 is 1.97 bits per heavy atom. The lowest BCUT2D eigenvalue weighted by atomic mass is 10.1. The second kappa shape index (κ2) is 7.67. The van der Waals surface area contributed by atoms with Crippen molar-refractivity contribution in [2.75, 3.05) is 16.8 Å². The molecule has 3 aromatic rings. The molecule has 0 saturated heterocycles. The van der Waals surface area contributed by atoms with Gasteiger partial charge < -0.3 is 5.32 Å². The van der Waals surface area contributed by atoms with E-state index in [0.29, 0.717) is 16.5 Å². The molecule has 9 heteroatoms. The predicted octanol–water partition coefficient (Wildman–Crippen LogP) is 2.75. The second-order valence-corrected chi connectivity index (χ2v) is 8.22. The van der Waals surface area contributed by atoms with E-state index in [1.807, 2.05) is 44.2 Å². The smallest absolute Gasteiger partial charge is 0.244 e. The van der Waals surface area contributed by atoms with Crippen LogP contribution in [0.2, 0.25) is 0 Å². The van der Waals surface area contributed by atoms with E-state index in [4.69, 9.17) is 0 Å². The molecule has 2 amide bonds. The van der Waals surface area contributed by atoms with E-state index >= 15 is 0 Å². The van der Waals surface area contributed by atoms with Crippen molar-refractivity contribution >= 4 is 35.0 Å². The summed E-state index contributed by atoms with van der Waals surface area (Å²) in [7, 11) is 0. The number of aromatic nitrogens is 4. The average molecular weight is 408 g/mol. The SMILES string of the molecule is Cc1ccc(-n2nnnc2S[C@H](C)C(=O)N2CC(=O)Nc3ccccc32)c(C)c1. The Morgan fingerprint density at radius 1 is 1.17 bits per heavy atom.